The molecule has 0 bridgehead atoms. The number of methoxy groups -OCH3 is 1. The molecular formula is C20H18O. The maximum Gasteiger partial charge on any atom is 0.118 e. The number of allylic oxidation sites excluding steroid dienone is 1. The van der Waals surface area contributed by atoms with E-state index in [4.69, 9.17) is 4.74 Å². The molecule has 0 amide bonds. The second-order valence-corrected chi connectivity index (χ2v) is 5.02. The lowest BCUT2D eigenvalue weighted by molar-refractivity contribution is 0.415. The zero-order chi connectivity index (χ0) is 14.5. The Bertz CT molecular complexity index is 749. The van der Waals surface area contributed by atoms with Gasteiger partial charge in [0.15, 0.2) is 0 Å². The SMILES string of the molecule is COc1ccc(C=CCc2cccc3ccccc23)cc1. The Morgan fingerprint density at radius 3 is 2.43 bits per heavy atom. The average molecular weight is 274 g/mol. The van der Waals surface area contributed by atoms with Crippen LogP contribution in [-0.4, -0.2) is 7.11 Å². The Morgan fingerprint density at radius 2 is 1.62 bits per heavy atom. The molecule has 0 radical (unpaired) electrons. The van der Waals surface area contributed by atoms with Crippen molar-refractivity contribution in [3.05, 3.63) is 83.9 Å². The van der Waals surface area contributed by atoms with Crippen molar-refractivity contribution in [3.63, 3.8) is 0 Å². The van der Waals surface area contributed by atoms with Gasteiger partial charge in [0.2, 0.25) is 0 Å². The van der Waals surface area contributed by atoms with E-state index in [1.165, 1.54) is 21.9 Å². The average Bonchev–Trinajstić information content (AvgIpc) is 2.56. The molecule has 0 aliphatic rings. The number of ether oxygens (including phenoxy) is 1. The molecule has 0 unspecified atom stereocenters. The lowest BCUT2D eigenvalue weighted by Gasteiger charge is -2.03. The monoisotopic (exact) mass is 274 g/mol. The summed E-state index contributed by atoms with van der Waals surface area (Å²) in [6, 6.07) is 23.1. The van der Waals surface area contributed by atoms with Crippen molar-refractivity contribution in [1.29, 1.82) is 0 Å². The first-order valence-corrected chi connectivity index (χ1v) is 7.14. The predicted octanol–water partition coefficient (Wildman–Crippen LogP) is 5.10. The standard InChI is InChI=1S/C20H18O/c1-21-19-14-12-16(13-15-19)6-4-8-18-10-5-9-17-7-2-3-11-20(17)18/h2-7,9-15H,8H2,1H3. The first-order valence-electron chi connectivity index (χ1n) is 7.14. The minimum Gasteiger partial charge on any atom is -0.497 e. The van der Waals surface area contributed by atoms with Crippen molar-refractivity contribution in [3.8, 4) is 5.75 Å². The van der Waals surface area contributed by atoms with Crippen LogP contribution in [0.3, 0.4) is 0 Å². The van der Waals surface area contributed by atoms with Crippen molar-refractivity contribution in [2.24, 2.45) is 0 Å². The first-order chi connectivity index (χ1) is 10.4. The second-order valence-electron chi connectivity index (χ2n) is 5.02. The third-order valence-electron chi connectivity index (χ3n) is 3.64. The first kappa shape index (κ1) is 13.4. The zero-order valence-corrected chi connectivity index (χ0v) is 12.1. The molecule has 0 aliphatic heterocycles. The Labute approximate surface area is 125 Å². The van der Waals surface area contributed by atoms with Crippen LogP contribution in [0.15, 0.2) is 72.8 Å². The number of rotatable bonds is 4. The summed E-state index contributed by atoms with van der Waals surface area (Å²) in [5.74, 6) is 0.890. The highest BCUT2D eigenvalue weighted by Gasteiger charge is 1.97. The van der Waals surface area contributed by atoms with E-state index in [1.807, 2.05) is 12.1 Å². The van der Waals surface area contributed by atoms with Crippen molar-refractivity contribution < 1.29 is 4.74 Å². The fraction of sp³-hybridized carbons (Fsp3) is 0.100. The van der Waals surface area contributed by atoms with Gasteiger partial charge in [-0.05, 0) is 40.5 Å². The second kappa shape index (κ2) is 6.27. The molecule has 1 heteroatoms. The maximum atomic E-state index is 5.17. The molecule has 0 fully saturated rings. The van der Waals surface area contributed by atoms with Crippen LogP contribution in [0.25, 0.3) is 16.8 Å². The van der Waals surface area contributed by atoms with Gasteiger partial charge in [-0.25, -0.2) is 0 Å². The van der Waals surface area contributed by atoms with Gasteiger partial charge in [0.1, 0.15) is 5.75 Å². The summed E-state index contributed by atoms with van der Waals surface area (Å²) < 4.78 is 5.17. The van der Waals surface area contributed by atoms with Crippen LogP contribution < -0.4 is 4.74 Å². The molecule has 0 spiro atoms. The quantitative estimate of drug-likeness (QED) is 0.643. The molecule has 104 valence electrons. The van der Waals surface area contributed by atoms with Crippen LogP contribution in [0.5, 0.6) is 5.75 Å². The van der Waals surface area contributed by atoms with Gasteiger partial charge in [0, 0.05) is 0 Å². The Hall–Kier alpha value is -2.54. The molecule has 0 heterocycles. The van der Waals surface area contributed by atoms with E-state index in [1.54, 1.807) is 7.11 Å². The van der Waals surface area contributed by atoms with Crippen LogP contribution in [0, 0.1) is 0 Å². The van der Waals surface area contributed by atoms with E-state index in [2.05, 4.69) is 66.7 Å². The lowest BCUT2D eigenvalue weighted by Crippen LogP contribution is -1.84. The number of hydrogen-bond acceptors (Lipinski definition) is 1. The van der Waals surface area contributed by atoms with Gasteiger partial charge in [-0.1, -0.05) is 66.7 Å². The highest BCUT2D eigenvalue weighted by molar-refractivity contribution is 5.85. The molecule has 0 saturated heterocycles. The summed E-state index contributed by atoms with van der Waals surface area (Å²) in [5, 5.41) is 2.63. The van der Waals surface area contributed by atoms with E-state index in [0.29, 0.717) is 0 Å². The minimum atomic E-state index is 0.890. The topological polar surface area (TPSA) is 9.23 Å². The van der Waals surface area contributed by atoms with E-state index in [-0.39, 0.29) is 0 Å². The summed E-state index contributed by atoms with van der Waals surface area (Å²) in [7, 11) is 1.69. The largest absolute Gasteiger partial charge is 0.497 e. The van der Waals surface area contributed by atoms with Crippen LogP contribution in [0.2, 0.25) is 0 Å². The molecule has 3 aromatic rings. The fourth-order valence-electron chi connectivity index (χ4n) is 2.51. The molecule has 0 N–H and O–H groups in total. The normalized spacial score (nSPS) is 11.1. The highest BCUT2D eigenvalue weighted by atomic mass is 16.5. The van der Waals surface area contributed by atoms with Crippen LogP contribution in [0.1, 0.15) is 11.1 Å². The van der Waals surface area contributed by atoms with E-state index >= 15 is 0 Å². The Kier molecular flexibility index (Phi) is 4.02. The van der Waals surface area contributed by atoms with Crippen LogP contribution in [0.4, 0.5) is 0 Å². The smallest absolute Gasteiger partial charge is 0.118 e. The molecule has 0 aromatic heterocycles. The van der Waals surface area contributed by atoms with Gasteiger partial charge in [0.05, 0.1) is 7.11 Å². The molecule has 0 atom stereocenters. The minimum absolute atomic E-state index is 0.890. The van der Waals surface area contributed by atoms with Crippen molar-refractivity contribution in [1.82, 2.24) is 0 Å². The van der Waals surface area contributed by atoms with Crippen molar-refractivity contribution >= 4 is 16.8 Å². The number of fused-ring (bicyclic) bond motifs is 1. The summed E-state index contributed by atoms with van der Waals surface area (Å²) in [4.78, 5) is 0. The van der Waals surface area contributed by atoms with Gasteiger partial charge < -0.3 is 4.74 Å². The number of benzene rings is 3. The molecule has 21 heavy (non-hydrogen) atoms. The predicted molar refractivity (Wildman–Crippen MR) is 89.7 cm³/mol. The highest BCUT2D eigenvalue weighted by Crippen LogP contribution is 2.19. The van der Waals surface area contributed by atoms with Gasteiger partial charge in [0.25, 0.3) is 0 Å². The molecule has 0 saturated carbocycles. The van der Waals surface area contributed by atoms with Gasteiger partial charge >= 0.3 is 0 Å². The zero-order valence-electron chi connectivity index (χ0n) is 12.1. The molecule has 3 rings (SSSR count). The van der Waals surface area contributed by atoms with Crippen LogP contribution >= 0.6 is 0 Å². The third kappa shape index (κ3) is 3.14. The Morgan fingerprint density at radius 1 is 0.857 bits per heavy atom. The lowest BCUT2D eigenvalue weighted by atomic mass is 10.0. The van der Waals surface area contributed by atoms with E-state index in [0.717, 1.165) is 12.2 Å². The summed E-state index contributed by atoms with van der Waals surface area (Å²) in [5.41, 5.74) is 2.55. The summed E-state index contributed by atoms with van der Waals surface area (Å²) in [6.07, 6.45) is 5.30. The van der Waals surface area contributed by atoms with Crippen molar-refractivity contribution in [2.75, 3.05) is 7.11 Å². The molecule has 1 nitrogen and oxygen atoms in total. The maximum absolute atomic E-state index is 5.17. The third-order valence-corrected chi connectivity index (χ3v) is 3.64. The van der Waals surface area contributed by atoms with E-state index in [9.17, 15) is 0 Å². The van der Waals surface area contributed by atoms with Gasteiger partial charge in [-0.15, -0.1) is 0 Å². The van der Waals surface area contributed by atoms with Crippen LogP contribution in [-0.2, 0) is 6.42 Å². The summed E-state index contributed by atoms with van der Waals surface area (Å²) >= 11 is 0. The van der Waals surface area contributed by atoms with E-state index < -0.39 is 0 Å². The Balaban J connectivity index is 1.78. The molecule has 0 aliphatic carbocycles. The molecule has 3 aromatic carbocycles. The number of hydrogen-bond donors (Lipinski definition) is 0. The summed E-state index contributed by atoms with van der Waals surface area (Å²) in [6.45, 7) is 0. The fourth-order valence-corrected chi connectivity index (χ4v) is 2.51. The van der Waals surface area contributed by atoms with Gasteiger partial charge in [-0.2, -0.15) is 0 Å². The van der Waals surface area contributed by atoms with Crippen molar-refractivity contribution in [2.45, 2.75) is 6.42 Å². The van der Waals surface area contributed by atoms with Gasteiger partial charge in [-0.3, -0.25) is 0 Å². The molecular weight excluding hydrogens is 256 g/mol.